The van der Waals surface area contributed by atoms with E-state index in [0.717, 1.165) is 17.0 Å². The summed E-state index contributed by atoms with van der Waals surface area (Å²) in [4.78, 5) is 66.8. The van der Waals surface area contributed by atoms with Crippen molar-refractivity contribution in [3.8, 4) is 0 Å². The van der Waals surface area contributed by atoms with Crippen LogP contribution < -0.4 is 14.7 Å². The quantitative estimate of drug-likeness (QED) is 0.360. The molecule has 0 spiro atoms. The van der Waals surface area contributed by atoms with Crippen LogP contribution in [0.5, 0.6) is 0 Å². The molecule has 1 aromatic heterocycles. The molecule has 0 saturated carbocycles. The predicted octanol–water partition coefficient (Wildman–Crippen LogP) is 2.29. The number of nitrogens with zero attached hydrogens (tertiary/aromatic N) is 7. The highest BCUT2D eigenvalue weighted by atomic mass is 19.4. The van der Waals surface area contributed by atoms with Gasteiger partial charge in [0.15, 0.2) is 0 Å². The molecule has 4 aliphatic heterocycles. The monoisotopic (exact) mass is 657 g/mol. The Balaban J connectivity index is 1.30. The molecule has 0 bridgehead atoms. The highest BCUT2D eigenvalue weighted by Gasteiger charge is 2.50. The summed E-state index contributed by atoms with van der Waals surface area (Å²) in [6.07, 6.45) is -3.64. The number of aryl methyl sites for hydroxylation is 1. The number of aromatic nitrogens is 1. The number of amides is 4. The van der Waals surface area contributed by atoms with Gasteiger partial charge in [0.1, 0.15) is 23.7 Å². The normalized spacial score (nSPS) is 23.7. The molecule has 0 radical (unpaired) electrons. The van der Waals surface area contributed by atoms with Crippen LogP contribution in [0.3, 0.4) is 0 Å². The van der Waals surface area contributed by atoms with Gasteiger partial charge in [0.2, 0.25) is 23.6 Å². The van der Waals surface area contributed by atoms with E-state index in [0.29, 0.717) is 26.2 Å². The highest BCUT2D eigenvalue weighted by Crippen LogP contribution is 2.41. The zero-order chi connectivity index (χ0) is 33.8. The van der Waals surface area contributed by atoms with Crippen LogP contribution in [-0.2, 0) is 25.4 Å². The molecule has 3 saturated heterocycles. The van der Waals surface area contributed by atoms with Crippen LogP contribution in [-0.4, -0.2) is 115 Å². The molecule has 1 aromatic carbocycles. The van der Waals surface area contributed by atoms with Gasteiger partial charge in [-0.15, -0.1) is 0 Å². The Labute approximate surface area is 269 Å². The van der Waals surface area contributed by atoms with E-state index in [1.54, 1.807) is 20.8 Å². The van der Waals surface area contributed by atoms with E-state index >= 15 is 4.39 Å². The lowest BCUT2D eigenvalue weighted by Gasteiger charge is -2.46. The maximum atomic E-state index is 15.6. The number of hydrogen-bond donors (Lipinski definition) is 0. The highest BCUT2D eigenvalue weighted by molar-refractivity contribution is 6.10. The molecule has 47 heavy (non-hydrogen) atoms. The average molecular weight is 658 g/mol. The van der Waals surface area contributed by atoms with E-state index in [1.807, 2.05) is 4.90 Å². The molecule has 5 heterocycles. The number of piperazine rings is 2. The summed E-state index contributed by atoms with van der Waals surface area (Å²) in [5, 5.41) is 0. The Kier molecular flexibility index (Phi) is 8.45. The Morgan fingerprint density at radius 2 is 1.74 bits per heavy atom. The number of hydrogen-bond acceptors (Lipinski definition) is 7. The molecule has 4 aliphatic rings. The van der Waals surface area contributed by atoms with E-state index in [9.17, 15) is 32.3 Å². The fraction of sp³-hybridized carbons (Fsp3) is 0.469. The molecule has 6 rings (SSSR count). The van der Waals surface area contributed by atoms with Gasteiger partial charge in [-0.3, -0.25) is 29.0 Å². The van der Waals surface area contributed by atoms with E-state index in [1.165, 1.54) is 37.1 Å². The van der Waals surface area contributed by atoms with Crippen molar-refractivity contribution in [2.75, 3.05) is 74.1 Å². The lowest BCUT2D eigenvalue weighted by Crippen LogP contribution is -2.65. The molecular weight excluding hydrogens is 622 g/mol. The van der Waals surface area contributed by atoms with Crippen LogP contribution in [0.15, 0.2) is 43.0 Å². The average Bonchev–Trinajstić information content (AvgIpc) is 3.36. The topological polar surface area (TPSA) is 101 Å². The number of halogens is 4. The molecule has 2 aromatic rings. The van der Waals surface area contributed by atoms with Crippen LogP contribution in [0, 0.1) is 18.7 Å². The minimum atomic E-state index is -4.69. The van der Waals surface area contributed by atoms with Crippen LogP contribution >= 0.6 is 0 Å². The van der Waals surface area contributed by atoms with Crippen molar-refractivity contribution in [3.05, 3.63) is 60.1 Å². The zero-order valence-electron chi connectivity index (χ0n) is 26.0. The third kappa shape index (κ3) is 5.92. The molecule has 3 fully saturated rings. The van der Waals surface area contributed by atoms with Crippen molar-refractivity contribution >= 4 is 40.8 Å². The van der Waals surface area contributed by atoms with Gasteiger partial charge in [0, 0.05) is 77.4 Å². The summed E-state index contributed by atoms with van der Waals surface area (Å²) >= 11 is 0. The molecule has 0 aliphatic carbocycles. The first-order valence-corrected chi connectivity index (χ1v) is 15.4. The van der Waals surface area contributed by atoms with Crippen LogP contribution in [0.25, 0.3) is 0 Å². The number of carbonyl (C=O) groups is 4. The lowest BCUT2D eigenvalue weighted by molar-refractivity contribution is -0.147. The van der Waals surface area contributed by atoms with Crippen molar-refractivity contribution in [1.82, 2.24) is 19.7 Å². The second-order valence-electron chi connectivity index (χ2n) is 12.3. The summed E-state index contributed by atoms with van der Waals surface area (Å²) in [7, 11) is 1.44. The van der Waals surface area contributed by atoms with Crippen LogP contribution in [0.2, 0.25) is 0 Å². The predicted molar refractivity (Wildman–Crippen MR) is 164 cm³/mol. The summed E-state index contributed by atoms with van der Waals surface area (Å²) in [6, 6.07) is 4.21. The molecule has 1 unspecified atom stereocenters. The van der Waals surface area contributed by atoms with Crippen LogP contribution in [0.4, 0.5) is 34.8 Å². The molecule has 3 atom stereocenters. The maximum absolute atomic E-state index is 15.6. The number of pyridine rings is 1. The summed E-state index contributed by atoms with van der Waals surface area (Å²) in [5.41, 5.74) is -0.599. The fourth-order valence-corrected chi connectivity index (χ4v) is 7.15. The largest absolute Gasteiger partial charge is 0.416 e. The van der Waals surface area contributed by atoms with Gasteiger partial charge in [0.25, 0.3) is 0 Å². The molecule has 11 nitrogen and oxygen atoms in total. The van der Waals surface area contributed by atoms with E-state index in [2.05, 4.69) is 11.6 Å². The number of likely N-dealkylation sites (N-methyl/N-ethyl adjacent to an activating group) is 1. The Bertz CT molecular complexity index is 1630. The first-order chi connectivity index (χ1) is 22.3. The van der Waals surface area contributed by atoms with Gasteiger partial charge in [-0.1, -0.05) is 12.6 Å². The minimum absolute atomic E-state index is 0.0254. The molecule has 15 heteroatoms. The number of carbonyl (C=O) groups excluding carboxylic acids is 4. The third-order valence-electron chi connectivity index (χ3n) is 9.50. The lowest BCUT2D eigenvalue weighted by atomic mass is 9.95. The van der Waals surface area contributed by atoms with Crippen molar-refractivity contribution < 1.29 is 36.7 Å². The van der Waals surface area contributed by atoms with Gasteiger partial charge in [0.05, 0.1) is 16.9 Å². The summed E-state index contributed by atoms with van der Waals surface area (Å²) in [6.45, 7) is 7.63. The van der Waals surface area contributed by atoms with Crippen molar-refractivity contribution in [2.45, 2.75) is 31.6 Å². The number of alkyl halides is 3. The number of benzene rings is 1. The summed E-state index contributed by atoms with van der Waals surface area (Å²) < 4.78 is 56.7. The first kappa shape index (κ1) is 32.4. The third-order valence-corrected chi connectivity index (χ3v) is 9.50. The zero-order valence-corrected chi connectivity index (χ0v) is 26.0. The summed E-state index contributed by atoms with van der Waals surface area (Å²) in [5.74, 6) is -3.13. The molecule has 4 amide bonds. The van der Waals surface area contributed by atoms with Crippen molar-refractivity contribution in [1.29, 1.82) is 0 Å². The van der Waals surface area contributed by atoms with E-state index in [4.69, 9.17) is 0 Å². The number of para-hydroxylation sites is 1. The maximum Gasteiger partial charge on any atom is 0.416 e. The second-order valence-corrected chi connectivity index (χ2v) is 12.3. The first-order valence-electron chi connectivity index (χ1n) is 15.4. The molecule has 0 N–H and O–H groups in total. The van der Waals surface area contributed by atoms with Crippen LogP contribution in [0.1, 0.15) is 17.7 Å². The second kappa shape index (κ2) is 12.2. The molecular formula is C32H35F4N7O4. The Morgan fingerprint density at radius 3 is 2.47 bits per heavy atom. The van der Waals surface area contributed by atoms with Gasteiger partial charge in [-0.25, -0.2) is 9.37 Å². The smallest absolute Gasteiger partial charge is 0.365 e. The number of anilines is 3. The van der Waals surface area contributed by atoms with Gasteiger partial charge >= 0.3 is 6.18 Å². The number of fused-ring (bicyclic) bond motifs is 3. The van der Waals surface area contributed by atoms with Gasteiger partial charge in [-0.05, 0) is 37.3 Å². The van der Waals surface area contributed by atoms with Crippen molar-refractivity contribution in [3.63, 3.8) is 0 Å². The van der Waals surface area contributed by atoms with Gasteiger partial charge < -0.3 is 19.6 Å². The number of rotatable bonds is 5. The minimum Gasteiger partial charge on any atom is -0.365 e. The van der Waals surface area contributed by atoms with Crippen molar-refractivity contribution in [2.24, 2.45) is 5.92 Å². The van der Waals surface area contributed by atoms with Gasteiger partial charge in [-0.2, -0.15) is 13.2 Å². The van der Waals surface area contributed by atoms with E-state index in [-0.39, 0.29) is 67.3 Å². The molecule has 250 valence electrons. The fourth-order valence-electron chi connectivity index (χ4n) is 7.15. The standard InChI is InChI=1S/C32H35F4N7O4/c1-4-26(44)41-12-9-39-8-10-40(30(46)24(39)18-41)11-13-42-17-20-15-27(45)43(25-16-21(32(34,35)36)14-19(2)37-25)28(20)31(47)38(3)23-7-5-6-22(33)29(23)42/h4-7,14,16,20,24,28H,1,8-13,15,17-18H2,2-3H3/t20-,24?,28+/m1/s1. The Morgan fingerprint density at radius 1 is 1.02 bits per heavy atom. The van der Waals surface area contributed by atoms with E-state index < -0.39 is 47.4 Å². The Hall–Kier alpha value is -4.53. The SMILES string of the molecule is C=CC(=O)N1CCN2CCN(CCN3C[C@H]4CC(=O)N(c5cc(C(F)(F)F)cc(C)n5)[C@@H]4C(=O)N(C)c4cccc(F)c43)C(=O)C2C1.